The molecule has 0 saturated carbocycles. The van der Waals surface area contributed by atoms with Crippen LogP contribution in [0.25, 0.3) is 0 Å². The van der Waals surface area contributed by atoms with Crippen molar-refractivity contribution in [2.75, 3.05) is 20.9 Å². The molecule has 0 bridgehead atoms. The SMILES string of the molecule is CCC(N)Cc1cc(OC)c(CC(F)C(F)CCF)cc1OC. The molecule has 1 aromatic carbocycles. The summed E-state index contributed by atoms with van der Waals surface area (Å²) in [6.45, 7) is 1.11. The lowest BCUT2D eigenvalue weighted by Crippen LogP contribution is -2.22. The van der Waals surface area contributed by atoms with Gasteiger partial charge in [-0.1, -0.05) is 6.92 Å². The molecule has 3 atom stereocenters. The van der Waals surface area contributed by atoms with Gasteiger partial charge in [-0.15, -0.1) is 0 Å². The lowest BCUT2D eigenvalue weighted by atomic mass is 9.97. The van der Waals surface area contributed by atoms with E-state index in [1.807, 2.05) is 6.92 Å². The first-order valence-corrected chi connectivity index (χ1v) is 7.80. The number of ether oxygens (including phenoxy) is 2. The molecule has 0 aliphatic carbocycles. The van der Waals surface area contributed by atoms with Crippen molar-refractivity contribution in [3.63, 3.8) is 0 Å². The Morgan fingerprint density at radius 1 is 1.00 bits per heavy atom. The zero-order chi connectivity index (χ0) is 17.4. The molecular formula is C17H26F3NO2. The van der Waals surface area contributed by atoms with Gasteiger partial charge in [0.1, 0.15) is 23.8 Å². The Balaban J connectivity index is 3.03. The predicted octanol–water partition coefficient (Wildman–Crippen LogP) is 3.56. The Labute approximate surface area is 136 Å². The fraction of sp³-hybridized carbons (Fsp3) is 0.647. The first-order valence-electron chi connectivity index (χ1n) is 7.80. The number of alkyl halides is 3. The minimum atomic E-state index is -1.83. The van der Waals surface area contributed by atoms with Crippen LogP contribution in [0.4, 0.5) is 13.2 Å². The quantitative estimate of drug-likeness (QED) is 0.712. The topological polar surface area (TPSA) is 44.5 Å². The van der Waals surface area contributed by atoms with Gasteiger partial charge in [0.15, 0.2) is 0 Å². The normalized spacial score (nSPS) is 15.1. The Hall–Kier alpha value is -1.43. The highest BCUT2D eigenvalue weighted by Gasteiger charge is 2.23. The van der Waals surface area contributed by atoms with E-state index >= 15 is 0 Å². The van der Waals surface area contributed by atoms with E-state index in [0.29, 0.717) is 23.5 Å². The van der Waals surface area contributed by atoms with Crippen molar-refractivity contribution >= 4 is 0 Å². The predicted molar refractivity (Wildman–Crippen MR) is 85.6 cm³/mol. The van der Waals surface area contributed by atoms with Gasteiger partial charge >= 0.3 is 0 Å². The Kier molecular flexibility index (Phi) is 8.23. The van der Waals surface area contributed by atoms with Gasteiger partial charge in [-0.05, 0) is 30.5 Å². The van der Waals surface area contributed by atoms with Crippen LogP contribution in [0.3, 0.4) is 0 Å². The molecular weight excluding hydrogens is 307 g/mol. The molecule has 3 unspecified atom stereocenters. The van der Waals surface area contributed by atoms with Crippen molar-refractivity contribution in [1.29, 1.82) is 0 Å². The second-order valence-corrected chi connectivity index (χ2v) is 5.56. The Bertz CT molecular complexity index is 485. The summed E-state index contributed by atoms with van der Waals surface area (Å²) in [6, 6.07) is 3.37. The molecule has 0 spiro atoms. The fourth-order valence-electron chi connectivity index (χ4n) is 2.39. The molecule has 132 valence electrons. The highest BCUT2D eigenvalue weighted by molar-refractivity contribution is 5.47. The standard InChI is InChI=1S/C17H26F3NO2/c1-4-13(21)7-11-9-17(23-3)12(10-16(11)22-2)8-15(20)14(19)5-6-18/h9-10,13-15H,4-8,21H2,1-3H3. The summed E-state index contributed by atoms with van der Waals surface area (Å²) in [7, 11) is 2.98. The van der Waals surface area contributed by atoms with Gasteiger partial charge in [-0.25, -0.2) is 8.78 Å². The van der Waals surface area contributed by atoms with E-state index in [0.717, 1.165) is 12.0 Å². The van der Waals surface area contributed by atoms with Crippen LogP contribution in [0.5, 0.6) is 11.5 Å². The minimum absolute atomic E-state index is 0.0202. The molecule has 6 heteroatoms. The van der Waals surface area contributed by atoms with E-state index in [-0.39, 0.29) is 12.5 Å². The van der Waals surface area contributed by atoms with E-state index in [1.54, 1.807) is 12.1 Å². The monoisotopic (exact) mass is 333 g/mol. The molecule has 3 nitrogen and oxygen atoms in total. The molecule has 23 heavy (non-hydrogen) atoms. The lowest BCUT2D eigenvalue weighted by Gasteiger charge is -2.19. The van der Waals surface area contributed by atoms with Crippen molar-refractivity contribution in [2.45, 2.75) is 51.0 Å². The third-order valence-electron chi connectivity index (χ3n) is 3.88. The summed E-state index contributed by atoms with van der Waals surface area (Å²) in [5.41, 5.74) is 7.32. The van der Waals surface area contributed by atoms with Gasteiger partial charge in [0.2, 0.25) is 0 Å². The number of methoxy groups -OCH3 is 2. The molecule has 2 N–H and O–H groups in total. The largest absolute Gasteiger partial charge is 0.496 e. The van der Waals surface area contributed by atoms with Crippen LogP contribution < -0.4 is 15.2 Å². The summed E-state index contributed by atoms with van der Waals surface area (Å²) in [6.07, 6.45) is -2.84. The number of rotatable bonds is 10. The second-order valence-electron chi connectivity index (χ2n) is 5.56. The molecule has 1 aromatic rings. The zero-order valence-electron chi connectivity index (χ0n) is 14.0. The van der Waals surface area contributed by atoms with Crippen molar-refractivity contribution in [2.24, 2.45) is 5.73 Å². The van der Waals surface area contributed by atoms with Gasteiger partial charge in [0.05, 0.1) is 20.9 Å². The van der Waals surface area contributed by atoms with Crippen LogP contribution >= 0.6 is 0 Å². The fourth-order valence-corrected chi connectivity index (χ4v) is 2.39. The molecule has 0 aliphatic rings. The molecule has 0 saturated heterocycles. The highest BCUT2D eigenvalue weighted by Crippen LogP contribution is 2.32. The molecule has 0 heterocycles. The van der Waals surface area contributed by atoms with E-state index in [9.17, 15) is 13.2 Å². The maximum atomic E-state index is 13.9. The minimum Gasteiger partial charge on any atom is -0.496 e. The third kappa shape index (κ3) is 5.61. The third-order valence-corrected chi connectivity index (χ3v) is 3.88. The molecule has 0 aliphatic heterocycles. The van der Waals surface area contributed by atoms with Crippen LogP contribution in [0.1, 0.15) is 30.9 Å². The van der Waals surface area contributed by atoms with Crippen LogP contribution in [0.2, 0.25) is 0 Å². The van der Waals surface area contributed by atoms with Crippen molar-refractivity contribution in [3.05, 3.63) is 23.3 Å². The van der Waals surface area contributed by atoms with Crippen molar-refractivity contribution in [1.82, 2.24) is 0 Å². The van der Waals surface area contributed by atoms with Crippen LogP contribution in [0, 0.1) is 0 Å². The highest BCUT2D eigenvalue weighted by atomic mass is 19.2. The molecule has 0 fully saturated rings. The maximum absolute atomic E-state index is 13.9. The number of nitrogens with two attached hydrogens (primary N) is 1. The maximum Gasteiger partial charge on any atom is 0.135 e. The van der Waals surface area contributed by atoms with Crippen LogP contribution in [-0.2, 0) is 12.8 Å². The van der Waals surface area contributed by atoms with Crippen LogP contribution in [0.15, 0.2) is 12.1 Å². The number of hydrogen-bond acceptors (Lipinski definition) is 3. The molecule has 1 rings (SSSR count). The second kappa shape index (κ2) is 9.65. The van der Waals surface area contributed by atoms with Gasteiger partial charge < -0.3 is 15.2 Å². The van der Waals surface area contributed by atoms with Gasteiger partial charge in [0.25, 0.3) is 0 Å². The molecule has 0 radical (unpaired) electrons. The van der Waals surface area contributed by atoms with Gasteiger partial charge in [-0.3, -0.25) is 4.39 Å². The van der Waals surface area contributed by atoms with E-state index in [1.165, 1.54) is 14.2 Å². The average molecular weight is 333 g/mol. The van der Waals surface area contributed by atoms with Crippen molar-refractivity contribution in [3.8, 4) is 11.5 Å². The summed E-state index contributed by atoms with van der Waals surface area (Å²) in [4.78, 5) is 0. The zero-order valence-corrected chi connectivity index (χ0v) is 14.0. The summed E-state index contributed by atoms with van der Waals surface area (Å²) >= 11 is 0. The first kappa shape index (κ1) is 19.6. The summed E-state index contributed by atoms with van der Waals surface area (Å²) in [5, 5.41) is 0. The Morgan fingerprint density at radius 3 is 1.96 bits per heavy atom. The number of hydrogen-bond donors (Lipinski definition) is 1. The van der Waals surface area contributed by atoms with E-state index in [4.69, 9.17) is 15.2 Å². The summed E-state index contributed by atoms with van der Waals surface area (Å²) in [5.74, 6) is 1.03. The van der Waals surface area contributed by atoms with Crippen molar-refractivity contribution < 1.29 is 22.6 Å². The van der Waals surface area contributed by atoms with E-state index in [2.05, 4.69) is 0 Å². The molecule has 0 amide bonds. The van der Waals surface area contributed by atoms with Gasteiger partial charge in [0, 0.05) is 24.4 Å². The summed E-state index contributed by atoms with van der Waals surface area (Å²) < 4.78 is 50.2. The first-order chi connectivity index (χ1) is 11.0. The smallest absolute Gasteiger partial charge is 0.135 e. The Morgan fingerprint density at radius 2 is 1.52 bits per heavy atom. The number of benzene rings is 1. The van der Waals surface area contributed by atoms with Gasteiger partial charge in [-0.2, -0.15) is 0 Å². The lowest BCUT2D eigenvalue weighted by molar-refractivity contribution is 0.147. The van der Waals surface area contributed by atoms with E-state index < -0.39 is 25.4 Å². The number of halogens is 3. The van der Waals surface area contributed by atoms with Crippen LogP contribution in [-0.4, -0.2) is 39.3 Å². The average Bonchev–Trinajstić information content (AvgIpc) is 2.55. The molecule has 0 aromatic heterocycles.